The zero-order valence-corrected chi connectivity index (χ0v) is 26.1. The van der Waals surface area contributed by atoms with Gasteiger partial charge in [0.2, 0.25) is 17.7 Å². The number of thiazole rings is 1. The van der Waals surface area contributed by atoms with Crippen molar-refractivity contribution in [2.24, 2.45) is 11.8 Å². The number of hydrogen-bond donors (Lipinski definition) is 3. The van der Waals surface area contributed by atoms with Gasteiger partial charge >= 0.3 is 0 Å². The molecule has 45 heavy (non-hydrogen) atoms. The molecular weight excluding hydrogens is 596 g/mol. The lowest BCUT2D eigenvalue weighted by molar-refractivity contribution is -0.133. The molecule has 0 saturated carbocycles. The summed E-state index contributed by atoms with van der Waals surface area (Å²) in [7, 11) is 0. The number of phenols is 1. The highest BCUT2D eigenvalue weighted by Crippen LogP contribution is 2.32. The number of nitrogens with zero attached hydrogens (tertiary/aromatic N) is 6. The minimum absolute atomic E-state index is 0.0563. The smallest absolute Gasteiger partial charge is 0.265 e. The van der Waals surface area contributed by atoms with Gasteiger partial charge in [-0.2, -0.15) is 0 Å². The number of rotatable bonds is 5. The first-order chi connectivity index (χ1) is 21.7. The Morgan fingerprint density at radius 3 is 2.67 bits per heavy atom. The van der Waals surface area contributed by atoms with E-state index in [1.165, 1.54) is 11.3 Å². The SMILES string of the molecule is Cc1nc2sc1C(=O)N1CC[C@@H](CC(=O)N3CCCC3)[C@@H](CC(=O)N[C@H](Cc3cn(-c4ccc(O)cc4)nn3)C(=O)NCC2)C1. The summed E-state index contributed by atoms with van der Waals surface area (Å²) in [5, 5.41) is 24.6. The topological polar surface area (TPSA) is 163 Å². The molecule has 2 fully saturated rings. The third kappa shape index (κ3) is 7.16. The van der Waals surface area contributed by atoms with E-state index >= 15 is 0 Å². The molecule has 6 rings (SSSR count). The lowest BCUT2D eigenvalue weighted by Gasteiger charge is -2.38. The van der Waals surface area contributed by atoms with E-state index in [0.717, 1.165) is 30.9 Å². The van der Waals surface area contributed by atoms with Crippen LogP contribution in [0.1, 0.15) is 58.2 Å². The Morgan fingerprint density at radius 1 is 1.11 bits per heavy atom. The Kier molecular flexibility index (Phi) is 9.10. The van der Waals surface area contributed by atoms with Crippen LogP contribution >= 0.6 is 11.3 Å². The maximum atomic E-state index is 13.6. The second kappa shape index (κ2) is 13.3. The number of phenolic OH excluding ortho intramolecular Hbond substituents is 1. The first kappa shape index (κ1) is 30.7. The number of amides is 4. The fraction of sp³-hybridized carbons (Fsp3) is 0.516. The number of hydrogen-bond acceptors (Lipinski definition) is 9. The molecule has 0 radical (unpaired) electrons. The number of benzene rings is 1. The number of nitrogens with one attached hydrogen (secondary N) is 2. The van der Waals surface area contributed by atoms with Crippen molar-refractivity contribution < 1.29 is 24.3 Å². The van der Waals surface area contributed by atoms with Crippen molar-refractivity contribution in [3.8, 4) is 11.4 Å². The minimum Gasteiger partial charge on any atom is -0.508 e. The number of aryl methyl sites for hydroxylation is 1. The van der Waals surface area contributed by atoms with E-state index in [0.29, 0.717) is 60.8 Å². The summed E-state index contributed by atoms with van der Waals surface area (Å²) in [6.45, 7) is 4.52. The molecule has 0 spiro atoms. The second-order valence-corrected chi connectivity index (χ2v) is 13.2. The van der Waals surface area contributed by atoms with Crippen LogP contribution in [0.25, 0.3) is 5.69 Å². The molecular formula is C31H38N8O5S. The van der Waals surface area contributed by atoms with Crippen molar-refractivity contribution in [2.45, 2.75) is 57.9 Å². The van der Waals surface area contributed by atoms with Gasteiger partial charge in [0.15, 0.2) is 0 Å². The van der Waals surface area contributed by atoms with Crippen LogP contribution in [-0.4, -0.2) is 97.3 Å². The molecule has 4 bridgehead atoms. The molecule has 0 aliphatic carbocycles. The molecule has 1 aromatic carbocycles. The van der Waals surface area contributed by atoms with Crippen LogP contribution in [0.15, 0.2) is 30.5 Å². The maximum absolute atomic E-state index is 13.6. The van der Waals surface area contributed by atoms with E-state index in [4.69, 9.17) is 0 Å². The molecule has 0 unspecified atom stereocenters. The second-order valence-electron chi connectivity index (χ2n) is 12.1. The van der Waals surface area contributed by atoms with Gasteiger partial charge in [-0.15, -0.1) is 16.4 Å². The largest absolute Gasteiger partial charge is 0.508 e. The van der Waals surface area contributed by atoms with E-state index in [1.54, 1.807) is 40.0 Å². The van der Waals surface area contributed by atoms with Crippen LogP contribution in [-0.2, 0) is 27.2 Å². The highest BCUT2D eigenvalue weighted by Gasteiger charge is 2.37. The standard InChI is InChI=1S/C31H38N8O5S/c1-19-29-31(44)38-13-9-20(15-28(42)37-11-2-3-12-37)21(17-38)14-26(41)34-25(30(43)32-10-8-27(33-19)45-29)16-22-18-39(36-35-22)23-4-6-24(40)7-5-23/h4-7,18,20-21,25,40H,2-3,8-17H2,1H3,(H,32,43)(H,34,41)/t20-,21-,25+/m0/s1. The average molecular weight is 635 g/mol. The van der Waals surface area contributed by atoms with E-state index in [9.17, 15) is 24.3 Å². The van der Waals surface area contributed by atoms with E-state index in [1.807, 2.05) is 11.8 Å². The van der Waals surface area contributed by atoms with Gasteiger partial charge in [0.05, 0.1) is 28.3 Å². The molecule has 14 heteroatoms. The Hall–Kier alpha value is -4.33. The van der Waals surface area contributed by atoms with Crippen LogP contribution in [0, 0.1) is 18.8 Å². The number of aromatic nitrogens is 4. The number of carbonyl (C=O) groups is 4. The number of carbonyl (C=O) groups excluding carboxylic acids is 4. The molecule has 3 aromatic rings. The summed E-state index contributed by atoms with van der Waals surface area (Å²) in [4.78, 5) is 62.6. The fourth-order valence-electron chi connectivity index (χ4n) is 6.44. The Balaban J connectivity index is 1.23. The molecule has 3 atom stereocenters. The van der Waals surface area contributed by atoms with Crippen molar-refractivity contribution in [3.63, 3.8) is 0 Å². The van der Waals surface area contributed by atoms with Gasteiger partial charge in [0.1, 0.15) is 16.7 Å². The van der Waals surface area contributed by atoms with Gasteiger partial charge in [0, 0.05) is 58.4 Å². The van der Waals surface area contributed by atoms with Gasteiger partial charge in [-0.25, -0.2) is 9.67 Å². The predicted molar refractivity (Wildman–Crippen MR) is 165 cm³/mol. The lowest BCUT2D eigenvalue weighted by Crippen LogP contribution is -2.50. The average Bonchev–Trinajstić information content (AvgIpc) is 3.79. The molecule has 2 saturated heterocycles. The first-order valence-electron chi connectivity index (χ1n) is 15.5. The molecule has 3 N–H and O–H groups in total. The van der Waals surface area contributed by atoms with Gasteiger partial charge < -0.3 is 25.5 Å². The monoisotopic (exact) mass is 634 g/mol. The summed E-state index contributed by atoms with van der Waals surface area (Å²) < 4.78 is 1.54. The van der Waals surface area contributed by atoms with Crippen molar-refractivity contribution in [2.75, 3.05) is 32.7 Å². The van der Waals surface area contributed by atoms with Crippen molar-refractivity contribution in [3.05, 3.63) is 51.7 Å². The van der Waals surface area contributed by atoms with Crippen LogP contribution in [0.4, 0.5) is 0 Å². The van der Waals surface area contributed by atoms with Gasteiger partial charge in [0.25, 0.3) is 5.91 Å². The van der Waals surface area contributed by atoms with Crippen molar-refractivity contribution in [1.82, 2.24) is 40.4 Å². The molecule has 2 aromatic heterocycles. The van der Waals surface area contributed by atoms with Gasteiger partial charge in [-0.3, -0.25) is 19.2 Å². The van der Waals surface area contributed by atoms with Gasteiger partial charge in [-0.1, -0.05) is 5.21 Å². The summed E-state index contributed by atoms with van der Waals surface area (Å²) in [6, 6.07) is 5.57. The lowest BCUT2D eigenvalue weighted by atomic mass is 9.80. The van der Waals surface area contributed by atoms with E-state index in [-0.39, 0.29) is 54.1 Å². The minimum atomic E-state index is -0.910. The Bertz CT molecular complexity index is 1560. The van der Waals surface area contributed by atoms with Crippen LogP contribution in [0.5, 0.6) is 5.75 Å². The van der Waals surface area contributed by atoms with Crippen LogP contribution < -0.4 is 10.6 Å². The molecule has 3 aliphatic heterocycles. The van der Waals surface area contributed by atoms with Crippen LogP contribution in [0.3, 0.4) is 0 Å². The predicted octanol–water partition coefficient (Wildman–Crippen LogP) is 1.62. The zero-order chi connectivity index (χ0) is 31.5. The number of aromatic hydroxyl groups is 1. The van der Waals surface area contributed by atoms with Crippen LogP contribution in [0.2, 0.25) is 0 Å². The first-order valence-corrected chi connectivity index (χ1v) is 16.4. The number of likely N-dealkylation sites (tertiary alicyclic amines) is 1. The number of fused-ring (bicyclic) bond motifs is 4. The highest BCUT2D eigenvalue weighted by atomic mass is 32.1. The van der Waals surface area contributed by atoms with E-state index < -0.39 is 6.04 Å². The molecule has 4 amide bonds. The normalized spacial score (nSPS) is 22.9. The molecule has 13 nitrogen and oxygen atoms in total. The third-order valence-electron chi connectivity index (χ3n) is 8.92. The van der Waals surface area contributed by atoms with Crippen molar-refractivity contribution in [1.29, 1.82) is 0 Å². The number of piperidine rings is 1. The molecule has 238 valence electrons. The zero-order valence-electron chi connectivity index (χ0n) is 25.3. The Labute approximate surface area is 265 Å². The Morgan fingerprint density at radius 2 is 1.89 bits per heavy atom. The summed E-state index contributed by atoms with van der Waals surface area (Å²) in [6.07, 6.45) is 5.31. The van der Waals surface area contributed by atoms with Gasteiger partial charge in [-0.05, 0) is 62.3 Å². The molecule has 3 aliphatic rings. The maximum Gasteiger partial charge on any atom is 0.265 e. The summed E-state index contributed by atoms with van der Waals surface area (Å²) >= 11 is 1.35. The highest BCUT2D eigenvalue weighted by molar-refractivity contribution is 7.13. The fourth-order valence-corrected chi connectivity index (χ4v) is 7.47. The summed E-state index contributed by atoms with van der Waals surface area (Å²) in [5.74, 6) is -0.834. The molecule has 5 heterocycles. The quantitative estimate of drug-likeness (QED) is 0.381. The summed E-state index contributed by atoms with van der Waals surface area (Å²) in [5.41, 5.74) is 1.85. The van der Waals surface area contributed by atoms with E-state index in [2.05, 4.69) is 25.9 Å². The van der Waals surface area contributed by atoms with Crippen molar-refractivity contribution >= 4 is 35.0 Å². The third-order valence-corrected chi connectivity index (χ3v) is 10.1.